The zero-order valence-corrected chi connectivity index (χ0v) is 25.5. The Hall–Kier alpha value is -4.92. The van der Waals surface area contributed by atoms with Crippen LogP contribution in [0.15, 0.2) is 131 Å². The number of rotatable bonds is 9. The Kier molecular flexibility index (Phi) is 8.72. The molecule has 2 aromatic heterocycles. The van der Waals surface area contributed by atoms with Gasteiger partial charge in [0, 0.05) is 26.9 Å². The highest BCUT2D eigenvalue weighted by Crippen LogP contribution is 2.33. The van der Waals surface area contributed by atoms with Crippen LogP contribution < -0.4 is 10.6 Å². The SMILES string of the molecule is CCC(Sc1cccc(NC(=O)/C(=C\c2ccsc2)NC(=O)c2ccccc2)c1)C(=O)n1c2ccccc2c2ccccc21. The first-order chi connectivity index (χ1) is 21.5. The van der Waals surface area contributed by atoms with Crippen molar-refractivity contribution in [3.8, 4) is 0 Å². The summed E-state index contributed by atoms with van der Waals surface area (Å²) in [6.07, 6.45) is 2.28. The molecule has 6 rings (SSSR count). The van der Waals surface area contributed by atoms with E-state index >= 15 is 0 Å². The summed E-state index contributed by atoms with van der Waals surface area (Å²) in [6, 6.07) is 34.0. The molecule has 0 saturated heterocycles. The molecule has 0 aliphatic heterocycles. The van der Waals surface area contributed by atoms with Crippen LogP contribution in [0.1, 0.15) is 34.1 Å². The van der Waals surface area contributed by atoms with E-state index in [0.717, 1.165) is 32.3 Å². The molecule has 218 valence electrons. The van der Waals surface area contributed by atoms with Gasteiger partial charge in [0.05, 0.1) is 16.3 Å². The number of benzene rings is 4. The normalized spacial score (nSPS) is 12.2. The molecule has 1 unspecified atom stereocenters. The van der Waals surface area contributed by atoms with Gasteiger partial charge in [-0.2, -0.15) is 11.3 Å². The Bertz CT molecular complexity index is 1940. The van der Waals surface area contributed by atoms with Gasteiger partial charge in [-0.25, -0.2) is 0 Å². The van der Waals surface area contributed by atoms with Crippen molar-refractivity contribution in [2.75, 3.05) is 5.32 Å². The molecular weight excluding hydrogens is 587 g/mol. The number of para-hydroxylation sites is 2. The van der Waals surface area contributed by atoms with E-state index in [1.807, 2.05) is 101 Å². The fraction of sp³-hybridized carbons (Fsp3) is 0.0833. The number of hydrogen-bond donors (Lipinski definition) is 2. The van der Waals surface area contributed by atoms with E-state index < -0.39 is 5.91 Å². The largest absolute Gasteiger partial charge is 0.321 e. The third-order valence-electron chi connectivity index (χ3n) is 7.20. The molecular formula is C36H29N3O3S2. The second kappa shape index (κ2) is 13.2. The third kappa shape index (κ3) is 6.22. The van der Waals surface area contributed by atoms with Crippen LogP contribution in [-0.4, -0.2) is 27.5 Å². The Morgan fingerprint density at radius 1 is 0.841 bits per heavy atom. The molecule has 1 atom stereocenters. The zero-order valence-electron chi connectivity index (χ0n) is 23.9. The molecule has 2 amide bonds. The predicted octanol–water partition coefficient (Wildman–Crippen LogP) is 8.48. The molecule has 0 aliphatic rings. The van der Waals surface area contributed by atoms with Crippen LogP contribution >= 0.6 is 23.1 Å². The summed E-state index contributed by atoms with van der Waals surface area (Å²) in [5.41, 5.74) is 3.73. The molecule has 0 fully saturated rings. The van der Waals surface area contributed by atoms with E-state index in [9.17, 15) is 14.4 Å². The predicted molar refractivity (Wildman–Crippen MR) is 181 cm³/mol. The van der Waals surface area contributed by atoms with Gasteiger partial charge in [-0.1, -0.05) is 67.6 Å². The number of amides is 2. The van der Waals surface area contributed by atoms with Gasteiger partial charge < -0.3 is 10.6 Å². The lowest BCUT2D eigenvalue weighted by molar-refractivity contribution is -0.113. The van der Waals surface area contributed by atoms with Gasteiger partial charge in [0.25, 0.3) is 11.8 Å². The molecule has 2 heterocycles. The number of nitrogens with zero attached hydrogens (tertiary/aromatic N) is 1. The summed E-state index contributed by atoms with van der Waals surface area (Å²) in [5, 5.41) is 11.3. The summed E-state index contributed by atoms with van der Waals surface area (Å²) in [5.74, 6) is -0.814. The average Bonchev–Trinajstić information content (AvgIpc) is 3.69. The minimum atomic E-state index is -0.448. The first kappa shape index (κ1) is 29.2. The van der Waals surface area contributed by atoms with Gasteiger partial charge in [0.2, 0.25) is 5.91 Å². The van der Waals surface area contributed by atoms with E-state index in [-0.39, 0.29) is 22.8 Å². The highest BCUT2D eigenvalue weighted by molar-refractivity contribution is 8.00. The van der Waals surface area contributed by atoms with Crippen LogP contribution in [-0.2, 0) is 4.79 Å². The minimum Gasteiger partial charge on any atom is -0.321 e. The van der Waals surface area contributed by atoms with E-state index in [0.29, 0.717) is 17.7 Å². The Morgan fingerprint density at radius 2 is 1.52 bits per heavy atom. The van der Waals surface area contributed by atoms with Crippen LogP contribution in [0.4, 0.5) is 5.69 Å². The number of thiophene rings is 1. The number of nitrogens with one attached hydrogen (secondary N) is 2. The number of carbonyl (C=O) groups is 3. The first-order valence-corrected chi connectivity index (χ1v) is 16.0. The summed E-state index contributed by atoms with van der Waals surface area (Å²) in [4.78, 5) is 41.2. The maximum absolute atomic E-state index is 14.0. The van der Waals surface area contributed by atoms with Crippen LogP contribution in [0, 0.1) is 0 Å². The Morgan fingerprint density at radius 3 is 2.18 bits per heavy atom. The fourth-order valence-electron chi connectivity index (χ4n) is 5.09. The van der Waals surface area contributed by atoms with Gasteiger partial charge in [-0.05, 0) is 77.4 Å². The Labute approximate surface area is 263 Å². The van der Waals surface area contributed by atoms with Crippen molar-refractivity contribution in [1.29, 1.82) is 0 Å². The van der Waals surface area contributed by atoms with Gasteiger partial charge in [-0.3, -0.25) is 19.0 Å². The number of thioether (sulfide) groups is 1. The second-order valence-corrected chi connectivity index (χ2v) is 12.2. The quantitative estimate of drug-likeness (QED) is 0.126. The van der Waals surface area contributed by atoms with Crippen LogP contribution in [0.25, 0.3) is 27.9 Å². The fourth-order valence-corrected chi connectivity index (χ4v) is 6.76. The highest BCUT2D eigenvalue weighted by atomic mass is 32.2. The molecule has 4 aromatic carbocycles. The van der Waals surface area contributed by atoms with Crippen LogP contribution in [0.3, 0.4) is 0 Å². The summed E-state index contributed by atoms with van der Waals surface area (Å²) in [6.45, 7) is 2.01. The number of fused-ring (bicyclic) bond motifs is 3. The van der Waals surface area contributed by atoms with Crippen molar-refractivity contribution in [2.24, 2.45) is 0 Å². The van der Waals surface area contributed by atoms with Crippen molar-refractivity contribution >= 4 is 74.4 Å². The van der Waals surface area contributed by atoms with Crippen LogP contribution in [0.2, 0.25) is 0 Å². The molecule has 0 spiro atoms. The summed E-state index contributed by atoms with van der Waals surface area (Å²) >= 11 is 2.97. The van der Waals surface area contributed by atoms with Gasteiger partial charge in [0.15, 0.2) is 0 Å². The van der Waals surface area contributed by atoms with Crippen LogP contribution in [0.5, 0.6) is 0 Å². The molecule has 44 heavy (non-hydrogen) atoms. The molecule has 0 radical (unpaired) electrons. The molecule has 8 heteroatoms. The zero-order chi connectivity index (χ0) is 30.5. The lowest BCUT2D eigenvalue weighted by Crippen LogP contribution is -2.30. The standard InChI is InChI=1S/C36H29N3O3S2/c1-2-33(36(42)39-31-17-8-6-15-28(31)29-16-7-9-18-32(29)39)44-27-14-10-13-26(22-27)37-35(41)30(21-24-19-20-43-23-24)38-34(40)25-11-4-3-5-12-25/h3-23,33H,2H2,1H3,(H,37,41)(H,38,40)/b30-21+. The molecule has 0 aliphatic carbocycles. The van der Waals surface area contributed by atoms with Gasteiger partial charge in [0.1, 0.15) is 5.70 Å². The maximum Gasteiger partial charge on any atom is 0.272 e. The highest BCUT2D eigenvalue weighted by Gasteiger charge is 2.24. The van der Waals surface area contributed by atoms with Gasteiger partial charge >= 0.3 is 0 Å². The third-order valence-corrected chi connectivity index (χ3v) is 9.25. The maximum atomic E-state index is 14.0. The molecule has 0 bridgehead atoms. The average molecular weight is 616 g/mol. The van der Waals surface area contributed by atoms with E-state index in [1.54, 1.807) is 36.4 Å². The van der Waals surface area contributed by atoms with Crippen molar-refractivity contribution in [3.05, 3.63) is 137 Å². The smallest absolute Gasteiger partial charge is 0.272 e. The topological polar surface area (TPSA) is 80.2 Å². The number of hydrogen-bond acceptors (Lipinski definition) is 5. The first-order valence-electron chi connectivity index (χ1n) is 14.2. The van der Waals surface area contributed by atoms with E-state index in [2.05, 4.69) is 10.6 Å². The summed E-state index contributed by atoms with van der Waals surface area (Å²) < 4.78 is 1.83. The molecule has 6 aromatic rings. The molecule has 0 saturated carbocycles. The van der Waals surface area contributed by atoms with Gasteiger partial charge in [-0.15, -0.1) is 11.8 Å². The van der Waals surface area contributed by atoms with E-state index in [1.165, 1.54) is 23.1 Å². The van der Waals surface area contributed by atoms with E-state index in [4.69, 9.17) is 0 Å². The monoisotopic (exact) mass is 615 g/mol. The lowest BCUT2D eigenvalue weighted by atomic mass is 10.2. The number of aromatic nitrogens is 1. The van der Waals surface area contributed by atoms with Crippen molar-refractivity contribution in [1.82, 2.24) is 9.88 Å². The molecule has 2 N–H and O–H groups in total. The summed E-state index contributed by atoms with van der Waals surface area (Å²) in [7, 11) is 0. The number of carbonyl (C=O) groups excluding carboxylic acids is 3. The van der Waals surface area contributed by atoms with Crippen molar-refractivity contribution in [3.63, 3.8) is 0 Å². The second-order valence-electron chi connectivity index (χ2n) is 10.1. The Balaban J connectivity index is 1.23. The number of anilines is 1. The molecule has 6 nitrogen and oxygen atoms in total. The lowest BCUT2D eigenvalue weighted by Gasteiger charge is -2.17. The van der Waals surface area contributed by atoms with Crippen molar-refractivity contribution in [2.45, 2.75) is 23.5 Å². The minimum absolute atomic E-state index is 0.00828. The van der Waals surface area contributed by atoms with Crippen molar-refractivity contribution < 1.29 is 14.4 Å².